The fourth-order valence-corrected chi connectivity index (χ4v) is 3.67. The van der Waals surface area contributed by atoms with Crippen LogP contribution < -0.4 is 9.47 Å². The van der Waals surface area contributed by atoms with Gasteiger partial charge in [0, 0.05) is 17.0 Å². The molecule has 0 N–H and O–H groups in total. The smallest absolute Gasteiger partial charge is 0.167 e. The molecule has 124 valence electrons. The lowest BCUT2D eigenvalue weighted by Crippen LogP contribution is -2.30. The highest BCUT2D eigenvalue weighted by Crippen LogP contribution is 2.45. The maximum absolute atomic E-state index is 13.1. The van der Waals surface area contributed by atoms with Crippen molar-refractivity contribution in [1.82, 2.24) is 0 Å². The summed E-state index contributed by atoms with van der Waals surface area (Å²) in [6.07, 6.45) is 3.26. The highest BCUT2D eigenvalue weighted by molar-refractivity contribution is 6.02. The molecule has 0 saturated heterocycles. The number of carbonyl (C=O) groups is 1. The number of fused-ring (bicyclic) bond motifs is 1. The Bertz CT molecular complexity index is 749. The van der Waals surface area contributed by atoms with E-state index in [0.717, 1.165) is 17.5 Å². The van der Waals surface area contributed by atoms with Crippen molar-refractivity contribution in [3.63, 3.8) is 0 Å². The van der Waals surface area contributed by atoms with Crippen molar-refractivity contribution in [2.45, 2.75) is 18.8 Å². The Labute approximate surface area is 142 Å². The molecule has 2 aromatic carbocycles. The minimum atomic E-state index is -0.0875. The molecule has 0 fully saturated rings. The highest BCUT2D eigenvalue weighted by atomic mass is 16.5. The lowest BCUT2D eigenvalue weighted by Gasteiger charge is -2.33. The quantitative estimate of drug-likeness (QED) is 0.765. The first-order valence-electron chi connectivity index (χ1n) is 8.15. The van der Waals surface area contributed by atoms with Crippen molar-refractivity contribution in [2.75, 3.05) is 14.2 Å². The van der Waals surface area contributed by atoms with Crippen molar-refractivity contribution >= 4 is 5.78 Å². The van der Waals surface area contributed by atoms with Gasteiger partial charge in [-0.15, -0.1) is 6.58 Å². The Morgan fingerprint density at radius 2 is 1.88 bits per heavy atom. The Morgan fingerprint density at radius 1 is 1.12 bits per heavy atom. The maximum Gasteiger partial charge on any atom is 0.167 e. The number of ketones is 1. The molecule has 2 atom stereocenters. The van der Waals surface area contributed by atoms with Gasteiger partial charge in [-0.1, -0.05) is 36.4 Å². The van der Waals surface area contributed by atoms with Crippen LogP contribution in [0, 0.1) is 5.92 Å². The van der Waals surface area contributed by atoms with Crippen LogP contribution in [-0.4, -0.2) is 20.0 Å². The van der Waals surface area contributed by atoms with E-state index in [0.29, 0.717) is 17.9 Å². The number of ether oxygens (including phenoxy) is 2. The van der Waals surface area contributed by atoms with Crippen molar-refractivity contribution in [1.29, 1.82) is 0 Å². The fourth-order valence-electron chi connectivity index (χ4n) is 3.67. The second-order valence-electron chi connectivity index (χ2n) is 6.04. The number of Topliss-reactive ketones (excluding diaryl/α,β-unsaturated/α-hetero) is 1. The zero-order chi connectivity index (χ0) is 17.1. The summed E-state index contributed by atoms with van der Waals surface area (Å²) in [5, 5.41) is 0. The second-order valence-corrected chi connectivity index (χ2v) is 6.04. The van der Waals surface area contributed by atoms with Crippen LogP contribution in [0.4, 0.5) is 0 Å². The summed E-state index contributed by atoms with van der Waals surface area (Å²) in [6.45, 7) is 3.84. The average molecular weight is 322 g/mol. The Kier molecular flexibility index (Phi) is 4.70. The number of benzene rings is 2. The number of hydrogen-bond acceptors (Lipinski definition) is 3. The third-order valence-electron chi connectivity index (χ3n) is 4.81. The number of hydrogen-bond donors (Lipinski definition) is 0. The van der Waals surface area contributed by atoms with Crippen LogP contribution in [-0.2, 0) is 6.42 Å². The molecule has 1 aliphatic carbocycles. The van der Waals surface area contributed by atoms with Gasteiger partial charge in [0.25, 0.3) is 0 Å². The Balaban J connectivity index is 2.14. The first-order chi connectivity index (χ1) is 11.7. The van der Waals surface area contributed by atoms with Crippen LogP contribution >= 0.6 is 0 Å². The van der Waals surface area contributed by atoms with Crippen LogP contribution in [0.2, 0.25) is 0 Å². The average Bonchev–Trinajstić information content (AvgIpc) is 2.63. The highest BCUT2D eigenvalue weighted by Gasteiger charge is 2.37. The van der Waals surface area contributed by atoms with E-state index >= 15 is 0 Å². The van der Waals surface area contributed by atoms with Gasteiger partial charge < -0.3 is 9.47 Å². The van der Waals surface area contributed by atoms with E-state index in [9.17, 15) is 4.79 Å². The molecule has 3 heteroatoms. The molecule has 2 unspecified atom stereocenters. The van der Waals surface area contributed by atoms with Gasteiger partial charge >= 0.3 is 0 Å². The van der Waals surface area contributed by atoms with Crippen LogP contribution in [0.1, 0.15) is 33.8 Å². The van der Waals surface area contributed by atoms with Crippen molar-refractivity contribution in [2.24, 2.45) is 5.92 Å². The molecule has 0 amide bonds. The second kappa shape index (κ2) is 6.91. The number of carbonyl (C=O) groups excluding carboxylic acids is 1. The van der Waals surface area contributed by atoms with E-state index in [1.807, 2.05) is 36.4 Å². The van der Waals surface area contributed by atoms with Crippen LogP contribution in [0.5, 0.6) is 11.5 Å². The molecule has 0 bridgehead atoms. The zero-order valence-electron chi connectivity index (χ0n) is 14.1. The van der Waals surface area contributed by atoms with E-state index in [1.165, 1.54) is 5.56 Å². The molecular formula is C21H22O3. The van der Waals surface area contributed by atoms with Crippen LogP contribution in [0.25, 0.3) is 0 Å². The van der Waals surface area contributed by atoms with Gasteiger partial charge in [-0.05, 0) is 36.5 Å². The number of methoxy groups -OCH3 is 2. The fraction of sp³-hybridized carbons (Fsp3) is 0.286. The zero-order valence-corrected chi connectivity index (χ0v) is 14.1. The molecular weight excluding hydrogens is 300 g/mol. The first-order valence-corrected chi connectivity index (χ1v) is 8.15. The van der Waals surface area contributed by atoms with Gasteiger partial charge in [0.05, 0.1) is 14.2 Å². The minimum Gasteiger partial charge on any atom is -0.493 e. The van der Waals surface area contributed by atoms with E-state index in [1.54, 1.807) is 14.2 Å². The summed E-state index contributed by atoms with van der Waals surface area (Å²) < 4.78 is 11.0. The number of allylic oxidation sites excluding steroid dienone is 1. The normalized spacial score (nSPS) is 19.5. The van der Waals surface area contributed by atoms with Crippen molar-refractivity contribution < 1.29 is 14.3 Å². The number of rotatable bonds is 5. The maximum atomic E-state index is 13.1. The van der Waals surface area contributed by atoms with Gasteiger partial charge in [0.2, 0.25) is 0 Å². The molecule has 3 nitrogen and oxygen atoms in total. The van der Waals surface area contributed by atoms with Gasteiger partial charge in [-0.25, -0.2) is 0 Å². The largest absolute Gasteiger partial charge is 0.493 e. The summed E-state index contributed by atoms with van der Waals surface area (Å²) in [7, 11) is 3.24. The first kappa shape index (κ1) is 16.3. The molecule has 0 aliphatic heterocycles. The van der Waals surface area contributed by atoms with Gasteiger partial charge in [0.15, 0.2) is 17.3 Å². The predicted octanol–water partition coefficient (Wildman–Crippen LogP) is 4.42. The van der Waals surface area contributed by atoms with E-state index in [2.05, 4.69) is 18.7 Å². The third-order valence-corrected chi connectivity index (χ3v) is 4.81. The van der Waals surface area contributed by atoms with E-state index < -0.39 is 0 Å². The summed E-state index contributed by atoms with van der Waals surface area (Å²) in [5.74, 6) is 1.52. The van der Waals surface area contributed by atoms with E-state index in [4.69, 9.17) is 9.47 Å². The van der Waals surface area contributed by atoms with Crippen LogP contribution in [0.3, 0.4) is 0 Å². The molecule has 1 aliphatic rings. The van der Waals surface area contributed by atoms with Crippen LogP contribution in [0.15, 0.2) is 55.1 Å². The lowest BCUT2D eigenvalue weighted by atomic mass is 9.70. The standard InChI is InChI=1S/C21H22O3/c1-4-8-15-17(14-9-6-5-7-10-14)13-18-16(20(15)22)11-12-19(23-2)21(18)24-3/h4-7,9-12,15,17H,1,8,13H2,2-3H3. The van der Waals surface area contributed by atoms with Crippen molar-refractivity contribution in [3.8, 4) is 11.5 Å². The Morgan fingerprint density at radius 3 is 2.50 bits per heavy atom. The third kappa shape index (κ3) is 2.71. The molecule has 0 heterocycles. The van der Waals surface area contributed by atoms with Gasteiger partial charge in [-0.2, -0.15) is 0 Å². The monoisotopic (exact) mass is 322 g/mol. The molecule has 0 spiro atoms. The SMILES string of the molecule is C=CCC1C(=O)c2ccc(OC)c(OC)c2CC1c1ccccc1. The molecule has 0 radical (unpaired) electrons. The van der Waals surface area contributed by atoms with Crippen molar-refractivity contribution in [3.05, 3.63) is 71.8 Å². The lowest BCUT2D eigenvalue weighted by molar-refractivity contribution is 0.0885. The van der Waals surface area contributed by atoms with E-state index in [-0.39, 0.29) is 17.6 Å². The molecule has 3 rings (SSSR count). The summed E-state index contributed by atoms with van der Waals surface area (Å²) >= 11 is 0. The molecule has 24 heavy (non-hydrogen) atoms. The predicted molar refractivity (Wildman–Crippen MR) is 95.1 cm³/mol. The summed E-state index contributed by atoms with van der Waals surface area (Å²) in [6, 6.07) is 13.9. The summed E-state index contributed by atoms with van der Waals surface area (Å²) in [4.78, 5) is 13.1. The van der Waals surface area contributed by atoms with Gasteiger partial charge in [-0.3, -0.25) is 4.79 Å². The minimum absolute atomic E-state index is 0.0875. The molecule has 2 aromatic rings. The van der Waals surface area contributed by atoms with Gasteiger partial charge in [0.1, 0.15) is 0 Å². The Hall–Kier alpha value is -2.55. The molecule has 0 aromatic heterocycles. The summed E-state index contributed by atoms with van der Waals surface area (Å²) in [5.41, 5.74) is 2.86. The topological polar surface area (TPSA) is 35.5 Å². The molecule has 0 saturated carbocycles.